The van der Waals surface area contributed by atoms with Crippen molar-refractivity contribution in [2.45, 2.75) is 51.2 Å². The minimum atomic E-state index is -0.522. The topological polar surface area (TPSA) is 29.5 Å². The van der Waals surface area contributed by atoms with Gasteiger partial charge < -0.3 is 9.84 Å². The first-order chi connectivity index (χ1) is 8.20. The van der Waals surface area contributed by atoms with Crippen LogP contribution < -0.4 is 4.74 Å². The highest BCUT2D eigenvalue weighted by Crippen LogP contribution is 2.36. The lowest BCUT2D eigenvalue weighted by atomic mass is 9.96. The molecule has 2 atom stereocenters. The van der Waals surface area contributed by atoms with E-state index in [2.05, 4.69) is 6.92 Å². The third kappa shape index (κ3) is 2.97. The van der Waals surface area contributed by atoms with E-state index in [1.165, 1.54) is 25.0 Å². The van der Waals surface area contributed by atoms with Crippen molar-refractivity contribution in [2.24, 2.45) is 0 Å². The lowest BCUT2D eigenvalue weighted by Crippen LogP contribution is -2.25. The summed E-state index contributed by atoms with van der Waals surface area (Å²) in [5.74, 6) is 0.190. The van der Waals surface area contributed by atoms with Crippen molar-refractivity contribution in [2.75, 3.05) is 0 Å². The molecule has 1 heterocycles. The second-order valence-electron chi connectivity index (χ2n) is 4.67. The Labute approximate surface area is 101 Å². The smallest absolute Gasteiger partial charge is 0.128 e. The summed E-state index contributed by atoms with van der Waals surface area (Å²) in [5, 5.41) is 9.98. The summed E-state index contributed by atoms with van der Waals surface area (Å²) >= 11 is 0. The van der Waals surface area contributed by atoms with Gasteiger partial charge in [-0.15, -0.1) is 0 Å². The van der Waals surface area contributed by atoms with E-state index in [1.54, 1.807) is 6.07 Å². The van der Waals surface area contributed by atoms with Crippen molar-refractivity contribution in [3.05, 3.63) is 29.6 Å². The van der Waals surface area contributed by atoms with Crippen LogP contribution in [0, 0.1) is 5.82 Å². The number of rotatable bonds is 4. The summed E-state index contributed by atoms with van der Waals surface area (Å²) < 4.78 is 18.8. The Hall–Kier alpha value is -1.09. The van der Waals surface area contributed by atoms with Crippen LogP contribution in [0.15, 0.2) is 18.2 Å². The highest BCUT2D eigenvalue weighted by molar-refractivity contribution is 5.37. The molecule has 0 bridgehead atoms. The van der Waals surface area contributed by atoms with Crippen LogP contribution in [0.25, 0.3) is 0 Å². The fourth-order valence-corrected chi connectivity index (χ4v) is 2.29. The number of fused-ring (bicyclic) bond motifs is 1. The predicted octanol–water partition coefficient (Wildman–Crippen LogP) is 3.59. The van der Waals surface area contributed by atoms with E-state index in [1.807, 2.05) is 0 Å². The number of halogens is 1. The lowest BCUT2D eigenvalue weighted by molar-refractivity contribution is 0.0602. The molecular formula is C14H19FO2. The van der Waals surface area contributed by atoms with Gasteiger partial charge in [-0.25, -0.2) is 4.39 Å². The molecule has 1 unspecified atom stereocenters. The second kappa shape index (κ2) is 5.50. The van der Waals surface area contributed by atoms with Gasteiger partial charge in [0.05, 0.1) is 6.10 Å². The summed E-state index contributed by atoms with van der Waals surface area (Å²) in [6.45, 7) is 2.15. The fraction of sp³-hybridized carbons (Fsp3) is 0.571. The van der Waals surface area contributed by atoms with E-state index in [4.69, 9.17) is 4.74 Å². The van der Waals surface area contributed by atoms with Crippen molar-refractivity contribution in [1.29, 1.82) is 0 Å². The SMILES string of the molecule is CCCCCC1C[C@@H](O)c2ccc(F)cc2O1. The highest BCUT2D eigenvalue weighted by atomic mass is 19.1. The molecule has 3 heteroatoms. The van der Waals surface area contributed by atoms with Crippen LogP contribution in [-0.2, 0) is 0 Å². The van der Waals surface area contributed by atoms with Gasteiger partial charge in [-0.2, -0.15) is 0 Å². The molecule has 0 fully saturated rings. The van der Waals surface area contributed by atoms with Gasteiger partial charge >= 0.3 is 0 Å². The van der Waals surface area contributed by atoms with Crippen LogP contribution in [0.5, 0.6) is 5.75 Å². The molecule has 17 heavy (non-hydrogen) atoms. The first-order valence-electron chi connectivity index (χ1n) is 6.35. The maximum absolute atomic E-state index is 13.1. The molecule has 0 aliphatic carbocycles. The average molecular weight is 238 g/mol. The van der Waals surface area contributed by atoms with Crippen LogP contribution in [-0.4, -0.2) is 11.2 Å². The minimum Gasteiger partial charge on any atom is -0.490 e. The molecule has 2 nitrogen and oxygen atoms in total. The first kappa shape index (κ1) is 12.4. The monoisotopic (exact) mass is 238 g/mol. The first-order valence-corrected chi connectivity index (χ1v) is 6.35. The van der Waals surface area contributed by atoms with E-state index in [-0.39, 0.29) is 11.9 Å². The number of benzene rings is 1. The van der Waals surface area contributed by atoms with Gasteiger partial charge in [0, 0.05) is 18.1 Å². The molecular weight excluding hydrogens is 219 g/mol. The zero-order valence-electron chi connectivity index (χ0n) is 10.2. The summed E-state index contributed by atoms with van der Waals surface area (Å²) in [6, 6.07) is 4.34. The predicted molar refractivity (Wildman–Crippen MR) is 64.5 cm³/mol. The molecule has 0 saturated heterocycles. The summed E-state index contributed by atoms with van der Waals surface area (Å²) in [4.78, 5) is 0. The van der Waals surface area contributed by atoms with Gasteiger partial charge in [0.15, 0.2) is 0 Å². The normalized spacial score (nSPS) is 23.0. The number of aliphatic hydroxyl groups excluding tert-OH is 1. The largest absolute Gasteiger partial charge is 0.490 e. The molecule has 2 rings (SSSR count). The van der Waals surface area contributed by atoms with Crippen molar-refractivity contribution >= 4 is 0 Å². The van der Waals surface area contributed by atoms with Crippen molar-refractivity contribution < 1.29 is 14.2 Å². The average Bonchev–Trinajstić information content (AvgIpc) is 2.28. The Balaban J connectivity index is 2.04. The van der Waals surface area contributed by atoms with Gasteiger partial charge in [-0.1, -0.05) is 19.8 Å². The van der Waals surface area contributed by atoms with Crippen molar-refractivity contribution in [1.82, 2.24) is 0 Å². The maximum atomic E-state index is 13.1. The number of unbranched alkanes of at least 4 members (excludes halogenated alkanes) is 2. The minimum absolute atomic E-state index is 0.0193. The molecule has 1 N–H and O–H groups in total. The molecule has 1 aliphatic heterocycles. The highest BCUT2D eigenvalue weighted by Gasteiger charge is 2.26. The van der Waals surface area contributed by atoms with Crippen molar-refractivity contribution in [3.63, 3.8) is 0 Å². The third-order valence-corrected chi connectivity index (χ3v) is 3.24. The Morgan fingerprint density at radius 3 is 3.00 bits per heavy atom. The summed E-state index contributed by atoms with van der Waals surface area (Å²) in [7, 11) is 0. The Kier molecular flexibility index (Phi) is 4.00. The van der Waals surface area contributed by atoms with Crippen LogP contribution in [0.3, 0.4) is 0 Å². The van der Waals surface area contributed by atoms with E-state index in [0.717, 1.165) is 12.8 Å². The molecule has 0 radical (unpaired) electrons. The maximum Gasteiger partial charge on any atom is 0.128 e. The van der Waals surface area contributed by atoms with Gasteiger partial charge in [-0.3, -0.25) is 0 Å². The number of aliphatic hydroxyl groups is 1. The van der Waals surface area contributed by atoms with E-state index in [9.17, 15) is 9.50 Å². The standard InChI is InChI=1S/C14H19FO2/c1-2-3-4-5-11-9-13(16)12-7-6-10(15)8-14(12)17-11/h6-8,11,13,16H,2-5,9H2,1H3/t11?,13-/m1/s1. The Morgan fingerprint density at radius 2 is 2.24 bits per heavy atom. The number of hydrogen-bond donors (Lipinski definition) is 1. The van der Waals surface area contributed by atoms with Crippen LogP contribution in [0.4, 0.5) is 4.39 Å². The molecule has 1 aliphatic rings. The Bertz CT molecular complexity index is 378. The zero-order chi connectivity index (χ0) is 12.3. The summed E-state index contributed by atoms with van der Waals surface area (Å²) in [6.07, 6.45) is 4.48. The van der Waals surface area contributed by atoms with Crippen LogP contribution in [0.2, 0.25) is 0 Å². The molecule has 0 saturated carbocycles. The molecule has 94 valence electrons. The summed E-state index contributed by atoms with van der Waals surface area (Å²) in [5.41, 5.74) is 0.707. The molecule has 1 aromatic carbocycles. The van der Waals surface area contributed by atoms with Gasteiger partial charge in [-0.05, 0) is 25.0 Å². The van der Waals surface area contributed by atoms with E-state index >= 15 is 0 Å². The van der Waals surface area contributed by atoms with Crippen LogP contribution in [0.1, 0.15) is 50.7 Å². The zero-order valence-corrected chi connectivity index (χ0v) is 10.2. The third-order valence-electron chi connectivity index (χ3n) is 3.24. The van der Waals surface area contributed by atoms with Crippen LogP contribution >= 0.6 is 0 Å². The quantitative estimate of drug-likeness (QED) is 0.812. The van der Waals surface area contributed by atoms with E-state index in [0.29, 0.717) is 17.7 Å². The number of ether oxygens (including phenoxy) is 1. The van der Waals surface area contributed by atoms with Gasteiger partial charge in [0.2, 0.25) is 0 Å². The molecule has 0 aromatic heterocycles. The van der Waals surface area contributed by atoms with Gasteiger partial charge in [0.1, 0.15) is 17.7 Å². The number of hydrogen-bond acceptors (Lipinski definition) is 2. The molecule has 0 spiro atoms. The Morgan fingerprint density at radius 1 is 1.41 bits per heavy atom. The van der Waals surface area contributed by atoms with Gasteiger partial charge in [0.25, 0.3) is 0 Å². The van der Waals surface area contributed by atoms with E-state index < -0.39 is 6.10 Å². The molecule has 0 amide bonds. The lowest BCUT2D eigenvalue weighted by Gasteiger charge is -2.29. The molecule has 1 aromatic rings. The van der Waals surface area contributed by atoms with Crippen molar-refractivity contribution in [3.8, 4) is 5.75 Å². The second-order valence-corrected chi connectivity index (χ2v) is 4.67. The fourth-order valence-electron chi connectivity index (χ4n) is 2.29.